The highest BCUT2D eigenvalue weighted by molar-refractivity contribution is 9.10. The maximum Gasteiger partial charge on any atom is 0.155 e. The molecule has 3 aromatic rings. The van der Waals surface area contributed by atoms with Gasteiger partial charge in [-0.3, -0.25) is 0 Å². The normalized spacial score (nSPS) is 11.4. The SMILES string of the molecule is Fc1c(Br)ccc2c1sc1c(Cl)ncnc12. The Kier molecular flexibility index (Phi) is 2.34. The molecule has 2 heterocycles. The first-order valence-electron chi connectivity index (χ1n) is 4.35. The monoisotopic (exact) mass is 316 g/mol. The number of benzene rings is 1. The summed E-state index contributed by atoms with van der Waals surface area (Å²) >= 11 is 10.4. The number of aromatic nitrogens is 2. The van der Waals surface area contributed by atoms with Crippen molar-refractivity contribution in [1.29, 1.82) is 0 Å². The molecular formula is C10H3BrClFN2S. The third-order valence-corrected chi connectivity index (χ3v) is 4.47. The van der Waals surface area contributed by atoms with E-state index >= 15 is 0 Å². The van der Waals surface area contributed by atoms with E-state index in [1.165, 1.54) is 17.7 Å². The molecule has 0 bridgehead atoms. The third-order valence-electron chi connectivity index (χ3n) is 2.27. The minimum absolute atomic E-state index is 0.281. The molecule has 0 radical (unpaired) electrons. The molecule has 2 nitrogen and oxygen atoms in total. The van der Waals surface area contributed by atoms with Crippen molar-refractivity contribution in [2.45, 2.75) is 0 Å². The molecule has 2 aromatic heterocycles. The fraction of sp³-hybridized carbons (Fsp3) is 0. The van der Waals surface area contributed by atoms with Gasteiger partial charge < -0.3 is 0 Å². The lowest BCUT2D eigenvalue weighted by Crippen LogP contribution is -1.79. The van der Waals surface area contributed by atoms with E-state index in [9.17, 15) is 4.39 Å². The standard InChI is InChI=1S/C10H3BrClFN2S/c11-5-2-1-4-7-9(10(12)15-3-14-7)16-8(4)6(5)13/h1-3H. The number of rotatable bonds is 0. The zero-order valence-corrected chi connectivity index (χ0v) is 10.8. The number of halogens is 3. The number of thiophene rings is 1. The molecule has 0 amide bonds. The highest BCUT2D eigenvalue weighted by atomic mass is 79.9. The van der Waals surface area contributed by atoms with Gasteiger partial charge in [-0.15, -0.1) is 11.3 Å². The number of nitrogens with zero attached hydrogens (tertiary/aromatic N) is 2. The predicted octanol–water partition coefficient (Wildman–Crippen LogP) is 4.40. The Morgan fingerprint density at radius 1 is 1.25 bits per heavy atom. The fourth-order valence-electron chi connectivity index (χ4n) is 1.55. The largest absolute Gasteiger partial charge is 0.235 e. The first-order chi connectivity index (χ1) is 7.68. The van der Waals surface area contributed by atoms with Crippen molar-refractivity contribution < 1.29 is 4.39 Å². The molecule has 0 N–H and O–H groups in total. The average Bonchev–Trinajstić information content (AvgIpc) is 2.65. The highest BCUT2D eigenvalue weighted by Crippen LogP contribution is 2.38. The van der Waals surface area contributed by atoms with Crippen LogP contribution in [0.15, 0.2) is 22.9 Å². The van der Waals surface area contributed by atoms with Crippen LogP contribution >= 0.6 is 38.9 Å². The van der Waals surface area contributed by atoms with Crippen LogP contribution in [0.3, 0.4) is 0 Å². The summed E-state index contributed by atoms with van der Waals surface area (Å²) in [7, 11) is 0. The number of hydrogen-bond donors (Lipinski definition) is 0. The average molecular weight is 318 g/mol. The molecule has 0 fully saturated rings. The summed E-state index contributed by atoms with van der Waals surface area (Å²) in [6.07, 6.45) is 1.39. The lowest BCUT2D eigenvalue weighted by Gasteiger charge is -1.94. The summed E-state index contributed by atoms with van der Waals surface area (Å²) in [6, 6.07) is 3.49. The van der Waals surface area contributed by atoms with Crippen LogP contribution in [0.5, 0.6) is 0 Å². The van der Waals surface area contributed by atoms with E-state index in [0.717, 1.165) is 10.1 Å². The zero-order chi connectivity index (χ0) is 11.3. The van der Waals surface area contributed by atoms with E-state index in [-0.39, 0.29) is 5.82 Å². The number of hydrogen-bond acceptors (Lipinski definition) is 3. The van der Waals surface area contributed by atoms with E-state index in [1.807, 2.05) is 6.07 Å². The zero-order valence-electron chi connectivity index (χ0n) is 7.67. The summed E-state index contributed by atoms with van der Waals surface area (Å²) in [5, 5.41) is 1.13. The summed E-state index contributed by atoms with van der Waals surface area (Å²) in [5.74, 6) is -0.281. The minimum Gasteiger partial charge on any atom is -0.235 e. The molecule has 0 aliphatic carbocycles. The van der Waals surface area contributed by atoms with Crippen LogP contribution in [-0.2, 0) is 0 Å². The van der Waals surface area contributed by atoms with Crippen molar-refractivity contribution in [2.75, 3.05) is 0 Å². The Morgan fingerprint density at radius 2 is 2.06 bits per heavy atom. The van der Waals surface area contributed by atoms with Crippen LogP contribution in [0.25, 0.3) is 20.3 Å². The second-order valence-corrected chi connectivity index (χ2v) is 5.42. The van der Waals surface area contributed by atoms with Crippen molar-refractivity contribution in [1.82, 2.24) is 9.97 Å². The summed E-state index contributed by atoms with van der Waals surface area (Å²) in [4.78, 5) is 8.02. The maximum absolute atomic E-state index is 13.8. The highest BCUT2D eigenvalue weighted by Gasteiger charge is 2.14. The molecule has 0 atom stereocenters. The second-order valence-electron chi connectivity index (χ2n) is 3.18. The predicted molar refractivity (Wildman–Crippen MR) is 67.6 cm³/mol. The fourth-order valence-corrected chi connectivity index (χ4v) is 3.34. The lowest BCUT2D eigenvalue weighted by molar-refractivity contribution is 0.635. The molecule has 0 aliphatic rings. The van der Waals surface area contributed by atoms with Gasteiger partial charge in [0.05, 0.1) is 19.4 Å². The van der Waals surface area contributed by atoms with Crippen LogP contribution in [0.2, 0.25) is 5.15 Å². The van der Waals surface area contributed by atoms with Gasteiger partial charge in [0.15, 0.2) is 5.82 Å². The van der Waals surface area contributed by atoms with Gasteiger partial charge in [-0.1, -0.05) is 11.6 Å². The van der Waals surface area contributed by atoms with Crippen LogP contribution in [0.1, 0.15) is 0 Å². The van der Waals surface area contributed by atoms with Gasteiger partial charge in [0, 0.05) is 5.39 Å². The Labute approximate surface area is 107 Å². The third kappa shape index (κ3) is 1.35. The molecule has 0 spiro atoms. The molecule has 3 rings (SSSR count). The quantitative estimate of drug-likeness (QED) is 0.574. The van der Waals surface area contributed by atoms with Crippen molar-refractivity contribution in [3.05, 3.63) is 33.9 Å². The van der Waals surface area contributed by atoms with Crippen LogP contribution in [0.4, 0.5) is 4.39 Å². The molecule has 0 saturated carbocycles. The molecule has 0 aliphatic heterocycles. The van der Waals surface area contributed by atoms with Crippen molar-refractivity contribution >= 4 is 59.2 Å². The van der Waals surface area contributed by atoms with Gasteiger partial charge in [0.25, 0.3) is 0 Å². The van der Waals surface area contributed by atoms with Crippen molar-refractivity contribution in [2.24, 2.45) is 0 Å². The molecule has 16 heavy (non-hydrogen) atoms. The smallest absolute Gasteiger partial charge is 0.155 e. The van der Waals surface area contributed by atoms with Crippen molar-refractivity contribution in [3.8, 4) is 0 Å². The molecule has 6 heteroatoms. The van der Waals surface area contributed by atoms with E-state index in [4.69, 9.17) is 11.6 Å². The molecule has 80 valence electrons. The maximum atomic E-state index is 13.8. The van der Waals surface area contributed by atoms with Gasteiger partial charge in [0.2, 0.25) is 0 Å². The van der Waals surface area contributed by atoms with Gasteiger partial charge >= 0.3 is 0 Å². The minimum atomic E-state index is -0.281. The first-order valence-corrected chi connectivity index (χ1v) is 6.34. The Balaban J connectivity index is 2.60. The van der Waals surface area contributed by atoms with Gasteiger partial charge in [-0.05, 0) is 28.1 Å². The van der Waals surface area contributed by atoms with E-state index in [1.54, 1.807) is 6.07 Å². The second kappa shape index (κ2) is 3.61. The Morgan fingerprint density at radius 3 is 2.88 bits per heavy atom. The Bertz CT molecular complexity index is 713. The summed E-state index contributed by atoms with van der Waals surface area (Å²) in [5.41, 5.74) is 0.700. The first kappa shape index (κ1) is 10.4. The molecule has 0 unspecified atom stereocenters. The summed E-state index contributed by atoms with van der Waals surface area (Å²) < 4.78 is 15.5. The number of fused-ring (bicyclic) bond motifs is 3. The van der Waals surface area contributed by atoms with Gasteiger partial charge in [0.1, 0.15) is 11.5 Å². The molecule has 0 saturated heterocycles. The van der Waals surface area contributed by atoms with E-state index < -0.39 is 0 Å². The van der Waals surface area contributed by atoms with Gasteiger partial charge in [-0.2, -0.15) is 0 Å². The summed E-state index contributed by atoms with van der Waals surface area (Å²) in [6.45, 7) is 0. The Hall–Kier alpha value is -0.780. The molecule has 1 aromatic carbocycles. The lowest BCUT2D eigenvalue weighted by atomic mass is 10.2. The van der Waals surface area contributed by atoms with Crippen LogP contribution in [-0.4, -0.2) is 9.97 Å². The van der Waals surface area contributed by atoms with Crippen molar-refractivity contribution in [3.63, 3.8) is 0 Å². The van der Waals surface area contributed by atoms with Gasteiger partial charge in [-0.25, -0.2) is 14.4 Å². The topological polar surface area (TPSA) is 25.8 Å². The van der Waals surface area contributed by atoms with Crippen LogP contribution in [0, 0.1) is 5.82 Å². The van der Waals surface area contributed by atoms with E-state index in [0.29, 0.717) is 19.8 Å². The molecular weight excluding hydrogens is 315 g/mol. The van der Waals surface area contributed by atoms with E-state index in [2.05, 4.69) is 25.9 Å². The van der Waals surface area contributed by atoms with Crippen LogP contribution < -0.4 is 0 Å².